The van der Waals surface area contributed by atoms with Crippen LogP contribution in [0.25, 0.3) is 0 Å². The fraction of sp³-hybridized carbons (Fsp3) is 0.508. The standard InChI is InChI=1S/C63H72N2O29S/c1-31(66)64-47-43(84-35(5)70)27-63(93-52(47)49(86-37(7)72)44(85-36(6)71)28-80-33(3)68)61(78)82-30-46(91-63)51(87-38(8)73)53-48(65-32(2)67)42(83-34(4)69)26-62(92-53,60(77)79-9)94-54-50(89-57(75)40-22-16-12-17-23-40)45(29-81-56(74)39-20-14-11-15-21-39)88-59(95-10)55(54)90-58(76)41-24-18-13-19-25-41/h11-25,42-55,59H,26-30H2,1-10H3,(H,64,66)(H,65,67)/t42-,43-,44+,45+,46+,47+,48+,49+,50-,51+,52+,53+,54-,55+,59-,62-,63+/m0/s1. The van der Waals surface area contributed by atoms with Crippen molar-refractivity contribution >= 4 is 89.2 Å². The van der Waals surface area contributed by atoms with Gasteiger partial charge < -0.3 is 86.4 Å². The molecule has 4 saturated heterocycles. The van der Waals surface area contributed by atoms with Crippen molar-refractivity contribution in [3.63, 3.8) is 0 Å². The summed E-state index contributed by atoms with van der Waals surface area (Å²) in [5.74, 6) is -20.0. The molecule has 0 saturated carbocycles. The predicted molar refractivity (Wildman–Crippen MR) is 317 cm³/mol. The van der Waals surface area contributed by atoms with Gasteiger partial charge in [-0.15, -0.1) is 11.8 Å². The van der Waals surface area contributed by atoms with Crippen molar-refractivity contribution in [1.29, 1.82) is 0 Å². The highest BCUT2D eigenvalue weighted by atomic mass is 32.2. The van der Waals surface area contributed by atoms with Gasteiger partial charge in [0.1, 0.15) is 68.0 Å². The SMILES string of the molecule is COC(=O)[C@@]1(O[C@H]2[C@@H](OC(=O)c3ccccc3)[C@@H](COC(=O)c3ccccc3)O[C@@H](SC)[C@@H]2OC(=O)c2ccccc2)C[C@H](OC(C)=O)[C@@H](NC(C)=O)[C@H]([C@H](OC(C)=O)[C@H]2COC(=O)[C@]3(C[C@H](OC(C)=O)[C@@H](NC(C)=O)[C@H]([C@H](OC(C)=O)[C@@H](COC(C)=O)OC(C)=O)O3)O2)O1. The Morgan fingerprint density at radius 1 is 0.558 bits per heavy atom. The molecule has 0 bridgehead atoms. The zero-order chi connectivity index (χ0) is 69.5. The lowest BCUT2D eigenvalue weighted by molar-refractivity contribution is -0.369. The molecular weight excluding hydrogens is 1280 g/mol. The van der Waals surface area contributed by atoms with E-state index < -0.39 is 212 Å². The number of nitrogens with one attached hydrogen (secondary N) is 2. The number of amides is 2. The molecule has 0 radical (unpaired) electrons. The number of carbonyl (C=O) groups excluding carboxylic acids is 13. The van der Waals surface area contributed by atoms with Crippen molar-refractivity contribution in [2.45, 2.75) is 171 Å². The monoisotopic (exact) mass is 1350 g/mol. The van der Waals surface area contributed by atoms with Gasteiger partial charge in [0.25, 0.3) is 11.6 Å². The predicted octanol–water partition coefficient (Wildman–Crippen LogP) is 2.08. The highest BCUT2D eigenvalue weighted by Crippen LogP contribution is 2.45. The van der Waals surface area contributed by atoms with Gasteiger partial charge in [-0.25, -0.2) is 24.0 Å². The molecule has 95 heavy (non-hydrogen) atoms. The molecule has 7 rings (SSSR count). The van der Waals surface area contributed by atoms with Gasteiger partial charge in [-0.05, 0) is 42.7 Å². The van der Waals surface area contributed by atoms with E-state index in [-0.39, 0.29) is 16.7 Å². The zero-order valence-electron chi connectivity index (χ0n) is 53.1. The first-order chi connectivity index (χ1) is 45.1. The van der Waals surface area contributed by atoms with Gasteiger partial charge in [0, 0.05) is 55.4 Å². The first-order valence-corrected chi connectivity index (χ1v) is 30.8. The van der Waals surface area contributed by atoms with Crippen LogP contribution in [-0.4, -0.2) is 213 Å². The summed E-state index contributed by atoms with van der Waals surface area (Å²) in [4.78, 5) is 177. The Hall–Kier alpha value is -9.08. The molecule has 3 aromatic rings. The molecule has 0 unspecified atom stereocenters. The summed E-state index contributed by atoms with van der Waals surface area (Å²) in [7, 11) is 0.885. The Kier molecular flexibility index (Phi) is 25.4. The maximum atomic E-state index is 15.3. The van der Waals surface area contributed by atoms with E-state index in [0.29, 0.717) is 0 Å². The number of esters is 11. The molecule has 1 spiro atoms. The number of benzene rings is 3. The molecule has 4 aliphatic heterocycles. The van der Waals surface area contributed by atoms with Crippen LogP contribution in [0, 0.1) is 0 Å². The van der Waals surface area contributed by atoms with Crippen LogP contribution >= 0.6 is 11.8 Å². The Labute approximate surface area is 547 Å². The summed E-state index contributed by atoms with van der Waals surface area (Å²) >= 11 is 0.922. The van der Waals surface area contributed by atoms with Gasteiger partial charge in [0.2, 0.25) is 11.8 Å². The minimum Gasteiger partial charge on any atom is -0.465 e. The number of rotatable bonds is 24. The summed E-state index contributed by atoms with van der Waals surface area (Å²) in [5, 5.41) is 5.13. The Balaban J connectivity index is 1.43. The normalized spacial score (nSPS) is 27.9. The summed E-state index contributed by atoms with van der Waals surface area (Å²) in [6, 6.07) is 19.2. The lowest BCUT2D eigenvalue weighted by Gasteiger charge is -2.53. The largest absolute Gasteiger partial charge is 0.465 e. The number of carbonyl (C=O) groups is 13. The van der Waals surface area contributed by atoms with Crippen molar-refractivity contribution in [2.24, 2.45) is 0 Å². The van der Waals surface area contributed by atoms with Gasteiger partial charge >= 0.3 is 65.7 Å². The van der Waals surface area contributed by atoms with Crippen molar-refractivity contribution in [3.05, 3.63) is 108 Å². The van der Waals surface area contributed by atoms with E-state index in [0.717, 1.165) is 74.3 Å². The van der Waals surface area contributed by atoms with Crippen LogP contribution in [0.4, 0.5) is 0 Å². The van der Waals surface area contributed by atoms with Gasteiger partial charge in [-0.2, -0.15) is 0 Å². The summed E-state index contributed by atoms with van der Waals surface area (Å²) < 4.78 is 96.9. The van der Waals surface area contributed by atoms with E-state index in [4.69, 9.17) is 75.8 Å². The van der Waals surface area contributed by atoms with E-state index >= 15 is 4.79 Å². The third-order valence-electron chi connectivity index (χ3n) is 14.8. The fourth-order valence-corrected chi connectivity index (χ4v) is 11.9. The van der Waals surface area contributed by atoms with Crippen LogP contribution < -0.4 is 10.6 Å². The second-order valence-corrected chi connectivity index (χ2v) is 22.9. The highest BCUT2D eigenvalue weighted by molar-refractivity contribution is 7.99. The molecule has 32 heteroatoms. The van der Waals surface area contributed by atoms with Crippen LogP contribution in [0.5, 0.6) is 0 Å². The van der Waals surface area contributed by atoms with E-state index in [1.165, 1.54) is 66.9 Å². The van der Waals surface area contributed by atoms with E-state index in [2.05, 4.69) is 10.6 Å². The zero-order valence-corrected chi connectivity index (χ0v) is 53.9. The van der Waals surface area contributed by atoms with Gasteiger partial charge in [-0.3, -0.25) is 38.4 Å². The first-order valence-electron chi connectivity index (χ1n) is 29.5. The Morgan fingerprint density at radius 2 is 1.06 bits per heavy atom. The number of cyclic esters (lactones) is 1. The summed E-state index contributed by atoms with van der Waals surface area (Å²) in [6.45, 7) is 5.19. The van der Waals surface area contributed by atoms with Crippen LogP contribution in [0.2, 0.25) is 0 Å². The third-order valence-corrected chi connectivity index (χ3v) is 15.6. The molecule has 3 aromatic carbocycles. The average Bonchev–Trinajstić information content (AvgIpc) is 0.742. The second-order valence-electron chi connectivity index (χ2n) is 22.0. The Morgan fingerprint density at radius 3 is 1.55 bits per heavy atom. The van der Waals surface area contributed by atoms with Crippen molar-refractivity contribution in [3.8, 4) is 0 Å². The molecule has 4 aliphatic rings. The fourth-order valence-electron chi connectivity index (χ4n) is 11.2. The maximum Gasteiger partial charge on any atom is 0.367 e. The van der Waals surface area contributed by atoms with Crippen LogP contribution in [-0.2, 0) is 124 Å². The van der Waals surface area contributed by atoms with Crippen LogP contribution in [0.1, 0.15) is 99.3 Å². The van der Waals surface area contributed by atoms with E-state index in [9.17, 15) is 57.5 Å². The minimum atomic E-state index is -3.13. The molecule has 2 amide bonds. The Bertz CT molecular complexity index is 3300. The van der Waals surface area contributed by atoms with Crippen molar-refractivity contribution in [1.82, 2.24) is 10.6 Å². The molecular formula is C63H72N2O29S. The quantitative estimate of drug-likeness (QED) is 0.0957. The molecule has 31 nitrogen and oxygen atoms in total. The number of ether oxygens (including phenoxy) is 16. The molecule has 0 aromatic heterocycles. The smallest absolute Gasteiger partial charge is 0.367 e. The molecule has 0 aliphatic carbocycles. The lowest BCUT2D eigenvalue weighted by atomic mass is 9.86. The van der Waals surface area contributed by atoms with Gasteiger partial charge in [0.05, 0.1) is 48.7 Å². The van der Waals surface area contributed by atoms with E-state index in [1.54, 1.807) is 30.3 Å². The summed E-state index contributed by atoms with van der Waals surface area (Å²) in [6.07, 6.45) is -23.8. The van der Waals surface area contributed by atoms with Crippen LogP contribution in [0.15, 0.2) is 91.0 Å². The summed E-state index contributed by atoms with van der Waals surface area (Å²) in [5.41, 5.74) is -1.38. The third kappa shape index (κ3) is 18.9. The second kappa shape index (κ2) is 32.9. The van der Waals surface area contributed by atoms with Crippen molar-refractivity contribution in [2.75, 3.05) is 33.2 Å². The molecule has 4 heterocycles. The average molecular weight is 1350 g/mol. The number of methoxy groups -OCH3 is 1. The topological polar surface area (TPSA) is 394 Å². The molecule has 2 N–H and O–H groups in total. The molecule has 17 atom stereocenters. The molecule has 514 valence electrons. The lowest BCUT2D eigenvalue weighted by Crippen LogP contribution is -2.73. The number of hydrogen-bond acceptors (Lipinski definition) is 30. The number of thioether (sulfide) groups is 1. The first kappa shape index (κ1) is 73.3. The molecule has 4 fully saturated rings. The van der Waals surface area contributed by atoms with Gasteiger partial charge in [-0.1, -0.05) is 54.6 Å². The van der Waals surface area contributed by atoms with Gasteiger partial charge in [0.15, 0.2) is 30.5 Å². The maximum absolute atomic E-state index is 15.3. The number of hydrogen-bond donors (Lipinski definition) is 2. The van der Waals surface area contributed by atoms with Crippen molar-refractivity contribution < 1.29 is 138 Å². The van der Waals surface area contributed by atoms with E-state index in [1.807, 2.05) is 0 Å². The minimum absolute atomic E-state index is 0.0195. The van der Waals surface area contributed by atoms with Crippen LogP contribution in [0.3, 0.4) is 0 Å². The highest BCUT2D eigenvalue weighted by Gasteiger charge is 2.66.